The number of aromatic nitrogens is 5. The van der Waals surface area contributed by atoms with E-state index in [4.69, 9.17) is 11.6 Å². The van der Waals surface area contributed by atoms with Gasteiger partial charge in [-0.3, -0.25) is 0 Å². The van der Waals surface area contributed by atoms with Crippen LogP contribution in [-0.2, 0) is 10.0 Å². The molecule has 3 rings (SSSR count). The summed E-state index contributed by atoms with van der Waals surface area (Å²) < 4.78 is 26.5. The predicted molar refractivity (Wildman–Crippen MR) is 86.6 cm³/mol. The summed E-state index contributed by atoms with van der Waals surface area (Å²) >= 11 is 5.79. The first-order chi connectivity index (χ1) is 11.5. The summed E-state index contributed by atoms with van der Waals surface area (Å²) in [5.41, 5.74) is 0.368. The van der Waals surface area contributed by atoms with Crippen LogP contribution in [0.3, 0.4) is 0 Å². The Balaban J connectivity index is 1.91. The van der Waals surface area contributed by atoms with Crippen molar-refractivity contribution in [1.29, 1.82) is 0 Å². The van der Waals surface area contributed by atoms with Crippen LogP contribution in [0.25, 0.3) is 6.08 Å². The molecule has 0 saturated heterocycles. The van der Waals surface area contributed by atoms with Crippen LogP contribution >= 0.6 is 11.6 Å². The fourth-order valence-electron chi connectivity index (χ4n) is 2.02. The van der Waals surface area contributed by atoms with Crippen molar-refractivity contribution in [2.24, 2.45) is 0 Å². The Kier molecular flexibility index (Phi) is 4.47. The smallest absolute Gasteiger partial charge is 0.268 e. The molecule has 0 radical (unpaired) electrons. The molecule has 0 aliphatic carbocycles. The van der Waals surface area contributed by atoms with Crippen molar-refractivity contribution in [2.75, 3.05) is 0 Å². The zero-order valence-corrected chi connectivity index (χ0v) is 13.7. The molecule has 2 heterocycles. The Hall–Kier alpha value is -2.49. The molecule has 1 atom stereocenters. The molecule has 1 unspecified atom stereocenters. The first-order valence-electron chi connectivity index (χ1n) is 6.76. The van der Waals surface area contributed by atoms with Crippen LogP contribution in [0.1, 0.15) is 17.6 Å². The number of tetrazole rings is 1. The molecule has 0 fully saturated rings. The molecule has 24 heavy (non-hydrogen) atoms. The van der Waals surface area contributed by atoms with Gasteiger partial charge in [-0.1, -0.05) is 16.8 Å². The molecule has 0 saturated carbocycles. The van der Waals surface area contributed by atoms with Crippen molar-refractivity contribution >= 4 is 27.7 Å². The highest BCUT2D eigenvalue weighted by Gasteiger charge is 2.18. The van der Waals surface area contributed by atoms with E-state index < -0.39 is 16.1 Å². The summed E-state index contributed by atoms with van der Waals surface area (Å²) in [5.74, 6) is 0.0879. The molecule has 10 heteroatoms. The molecule has 3 aromatic rings. The molecule has 0 spiro atoms. The number of benzene rings is 1. The van der Waals surface area contributed by atoms with Crippen LogP contribution < -0.4 is 0 Å². The van der Waals surface area contributed by atoms with Crippen LogP contribution in [0.2, 0.25) is 5.02 Å². The summed E-state index contributed by atoms with van der Waals surface area (Å²) in [4.78, 5) is 0.108. The second kappa shape index (κ2) is 6.56. The number of aromatic amines is 1. The first-order valence-corrected chi connectivity index (χ1v) is 8.58. The minimum Gasteiger partial charge on any atom is -0.381 e. The van der Waals surface area contributed by atoms with Gasteiger partial charge in [-0.2, -0.15) is 5.21 Å². The Labute approximate surface area is 142 Å². The number of aliphatic hydroxyl groups is 1. The normalized spacial score (nSPS) is 13.4. The minimum atomic E-state index is -3.77. The van der Waals surface area contributed by atoms with Crippen molar-refractivity contribution in [2.45, 2.75) is 11.0 Å². The van der Waals surface area contributed by atoms with Gasteiger partial charge in [0.25, 0.3) is 10.0 Å². The third kappa shape index (κ3) is 3.23. The fraction of sp³-hybridized carbons (Fsp3) is 0.0714. The Bertz CT molecular complexity index is 949. The number of H-pyrrole nitrogens is 1. The lowest BCUT2D eigenvalue weighted by atomic mass is 10.3. The van der Waals surface area contributed by atoms with Crippen LogP contribution in [0, 0.1) is 0 Å². The molecular weight excluding hydrogens is 354 g/mol. The maximum absolute atomic E-state index is 12.7. The topological polar surface area (TPSA) is 114 Å². The van der Waals surface area contributed by atoms with Crippen molar-refractivity contribution in [3.63, 3.8) is 0 Å². The van der Waals surface area contributed by atoms with E-state index in [-0.39, 0.29) is 10.7 Å². The van der Waals surface area contributed by atoms with Gasteiger partial charge < -0.3 is 5.11 Å². The zero-order chi connectivity index (χ0) is 17.2. The number of nitrogens with one attached hydrogen (secondary N) is 1. The number of rotatable bonds is 5. The van der Waals surface area contributed by atoms with E-state index in [9.17, 15) is 13.5 Å². The molecule has 1 aromatic carbocycles. The molecule has 0 aliphatic rings. The highest BCUT2D eigenvalue weighted by molar-refractivity contribution is 7.90. The third-order valence-corrected chi connectivity index (χ3v) is 5.16. The lowest BCUT2D eigenvalue weighted by molar-refractivity contribution is 0.219. The van der Waals surface area contributed by atoms with E-state index in [1.165, 1.54) is 42.6 Å². The molecule has 2 N–H and O–H groups in total. The van der Waals surface area contributed by atoms with Crippen LogP contribution in [0.15, 0.2) is 53.6 Å². The number of aliphatic hydroxyl groups excluding tert-OH is 1. The number of hydrogen-bond acceptors (Lipinski definition) is 6. The van der Waals surface area contributed by atoms with Gasteiger partial charge in [0.2, 0.25) is 5.82 Å². The maximum Gasteiger partial charge on any atom is 0.268 e. The zero-order valence-electron chi connectivity index (χ0n) is 12.1. The van der Waals surface area contributed by atoms with Crippen molar-refractivity contribution in [3.05, 3.63) is 65.2 Å². The van der Waals surface area contributed by atoms with Crippen LogP contribution in [0.4, 0.5) is 0 Å². The molecule has 124 valence electrons. The van der Waals surface area contributed by atoms with E-state index in [1.54, 1.807) is 12.1 Å². The summed E-state index contributed by atoms with van der Waals surface area (Å²) in [6, 6.07) is 9.07. The largest absolute Gasteiger partial charge is 0.381 e. The van der Waals surface area contributed by atoms with Crippen molar-refractivity contribution in [3.8, 4) is 0 Å². The van der Waals surface area contributed by atoms with Gasteiger partial charge in [0.1, 0.15) is 6.10 Å². The van der Waals surface area contributed by atoms with Gasteiger partial charge in [0.15, 0.2) is 0 Å². The van der Waals surface area contributed by atoms with E-state index in [0.717, 1.165) is 3.97 Å². The van der Waals surface area contributed by atoms with Crippen molar-refractivity contribution < 1.29 is 13.5 Å². The minimum absolute atomic E-state index is 0.0879. The molecule has 0 aliphatic heterocycles. The number of nitrogens with zero attached hydrogens (tertiary/aromatic N) is 4. The van der Waals surface area contributed by atoms with Gasteiger partial charge in [-0.15, -0.1) is 10.2 Å². The Morgan fingerprint density at radius 3 is 2.67 bits per heavy atom. The van der Waals surface area contributed by atoms with Crippen LogP contribution in [-0.4, -0.2) is 38.1 Å². The van der Waals surface area contributed by atoms with Gasteiger partial charge in [-0.05, 0) is 48.6 Å². The molecule has 2 aromatic heterocycles. The summed E-state index contributed by atoms with van der Waals surface area (Å²) in [5, 5.41) is 23.2. The van der Waals surface area contributed by atoms with Crippen molar-refractivity contribution in [1.82, 2.24) is 24.6 Å². The molecular formula is C14H12ClN5O3S. The Morgan fingerprint density at radius 2 is 2.00 bits per heavy atom. The maximum atomic E-state index is 12.7. The number of hydrogen-bond donors (Lipinski definition) is 2. The monoisotopic (exact) mass is 365 g/mol. The lowest BCUT2D eigenvalue weighted by Crippen LogP contribution is -2.13. The average molecular weight is 366 g/mol. The highest BCUT2D eigenvalue weighted by Crippen LogP contribution is 2.20. The fourth-order valence-corrected chi connectivity index (χ4v) is 3.48. The second-order valence-electron chi connectivity index (χ2n) is 4.76. The van der Waals surface area contributed by atoms with Gasteiger partial charge >= 0.3 is 0 Å². The van der Waals surface area contributed by atoms with Crippen LogP contribution in [0.5, 0.6) is 0 Å². The van der Waals surface area contributed by atoms with Gasteiger partial charge in [0.05, 0.1) is 10.6 Å². The Morgan fingerprint density at radius 1 is 1.25 bits per heavy atom. The standard InChI is InChI=1S/C14H12ClN5O3S/c15-10-3-6-12(7-4-10)24(22,23)20-9-1-2-11(20)5-8-13(21)14-16-18-19-17-14/h1-9,13,21H,(H,16,17,18,19). The number of halogens is 1. The highest BCUT2D eigenvalue weighted by atomic mass is 35.5. The SMILES string of the molecule is O=S(=O)(c1ccc(Cl)cc1)n1cccc1C=CC(O)c1nn[nH]n1. The van der Waals surface area contributed by atoms with Gasteiger partial charge in [0, 0.05) is 11.2 Å². The molecule has 8 nitrogen and oxygen atoms in total. The lowest BCUT2D eigenvalue weighted by Gasteiger charge is -2.09. The van der Waals surface area contributed by atoms with E-state index in [0.29, 0.717) is 10.7 Å². The summed E-state index contributed by atoms with van der Waals surface area (Å²) in [7, 11) is -3.77. The van der Waals surface area contributed by atoms with Gasteiger partial charge in [-0.25, -0.2) is 12.4 Å². The third-order valence-electron chi connectivity index (χ3n) is 3.19. The average Bonchev–Trinajstić information content (AvgIpc) is 3.24. The first kappa shape index (κ1) is 16.4. The quantitative estimate of drug-likeness (QED) is 0.710. The second-order valence-corrected chi connectivity index (χ2v) is 7.01. The van der Waals surface area contributed by atoms with E-state index in [1.807, 2.05) is 0 Å². The molecule has 0 amide bonds. The summed E-state index contributed by atoms with van der Waals surface area (Å²) in [6.45, 7) is 0. The molecule has 0 bridgehead atoms. The summed E-state index contributed by atoms with van der Waals surface area (Å²) in [6.07, 6.45) is 3.15. The van der Waals surface area contributed by atoms with E-state index in [2.05, 4.69) is 20.6 Å². The predicted octanol–water partition coefficient (Wildman–Crippen LogP) is 1.64. The van der Waals surface area contributed by atoms with E-state index >= 15 is 0 Å².